The zero-order valence-corrected chi connectivity index (χ0v) is 18.1. The molecule has 2 aliphatic heterocycles. The molecule has 0 spiro atoms. The molecule has 0 amide bonds. The van der Waals surface area contributed by atoms with Crippen molar-refractivity contribution in [3.63, 3.8) is 0 Å². The SMILES string of the molecule is CCOC(=O)C1CCCN(c2nc3nc(N4CCNCC4)n(CC)c3c(=O)n2C)C1. The number of imidazole rings is 1. The first-order valence-electron chi connectivity index (χ1n) is 10.9. The Morgan fingerprint density at radius 1 is 1.13 bits per heavy atom. The second-order valence-electron chi connectivity index (χ2n) is 7.88. The molecule has 2 saturated heterocycles. The van der Waals surface area contributed by atoms with E-state index in [1.54, 1.807) is 11.6 Å². The fourth-order valence-corrected chi connectivity index (χ4v) is 4.44. The molecule has 4 rings (SSSR count). The molecule has 0 aromatic carbocycles. The minimum Gasteiger partial charge on any atom is -0.466 e. The summed E-state index contributed by atoms with van der Waals surface area (Å²) in [7, 11) is 1.75. The molecule has 30 heavy (non-hydrogen) atoms. The van der Waals surface area contributed by atoms with E-state index in [2.05, 4.69) is 10.2 Å². The number of hydrogen-bond acceptors (Lipinski definition) is 8. The van der Waals surface area contributed by atoms with Gasteiger partial charge in [-0.15, -0.1) is 0 Å². The van der Waals surface area contributed by atoms with Crippen molar-refractivity contribution in [2.24, 2.45) is 13.0 Å². The van der Waals surface area contributed by atoms with Crippen LogP contribution in [0.25, 0.3) is 11.2 Å². The van der Waals surface area contributed by atoms with Gasteiger partial charge in [-0.1, -0.05) is 0 Å². The maximum atomic E-state index is 13.3. The van der Waals surface area contributed by atoms with Crippen molar-refractivity contribution >= 4 is 29.0 Å². The Hall–Kier alpha value is -2.62. The summed E-state index contributed by atoms with van der Waals surface area (Å²) >= 11 is 0. The number of nitrogens with one attached hydrogen (secondary N) is 1. The van der Waals surface area contributed by atoms with E-state index in [0.29, 0.717) is 36.8 Å². The zero-order valence-electron chi connectivity index (χ0n) is 18.1. The number of esters is 1. The van der Waals surface area contributed by atoms with Crippen molar-refractivity contribution in [3.05, 3.63) is 10.4 Å². The summed E-state index contributed by atoms with van der Waals surface area (Å²) in [5, 5.41) is 3.35. The van der Waals surface area contributed by atoms with E-state index >= 15 is 0 Å². The largest absolute Gasteiger partial charge is 0.466 e. The van der Waals surface area contributed by atoms with Crippen LogP contribution in [-0.2, 0) is 23.1 Å². The molecular weight excluding hydrogens is 386 g/mol. The number of carbonyl (C=O) groups is 1. The Bertz CT molecular complexity index is 977. The van der Waals surface area contributed by atoms with Crippen LogP contribution in [0.2, 0.25) is 0 Å². The van der Waals surface area contributed by atoms with Crippen molar-refractivity contribution in [1.82, 2.24) is 24.4 Å². The highest BCUT2D eigenvalue weighted by atomic mass is 16.5. The molecule has 0 bridgehead atoms. The number of nitrogens with zero attached hydrogens (tertiary/aromatic N) is 6. The van der Waals surface area contributed by atoms with Gasteiger partial charge in [0.2, 0.25) is 11.9 Å². The average molecular weight is 418 g/mol. The molecule has 1 atom stereocenters. The summed E-state index contributed by atoms with van der Waals surface area (Å²) in [6.07, 6.45) is 1.65. The van der Waals surface area contributed by atoms with Crippen LogP contribution < -0.4 is 20.7 Å². The molecule has 10 heteroatoms. The number of aromatic nitrogens is 4. The number of anilines is 2. The standard InChI is InChI=1S/C20H31N7O3/c1-4-27-15-16(23-20(27)25-11-8-21-9-12-25)22-19(24(3)17(15)28)26-10-6-7-14(13-26)18(29)30-5-2/h14,21H,4-13H2,1-3H3. The molecule has 10 nitrogen and oxygen atoms in total. The highest BCUT2D eigenvalue weighted by molar-refractivity contribution is 5.76. The number of ether oxygens (including phenoxy) is 1. The minimum absolute atomic E-state index is 0.107. The summed E-state index contributed by atoms with van der Waals surface area (Å²) in [6.45, 7) is 9.62. The lowest BCUT2D eigenvalue weighted by atomic mass is 9.98. The van der Waals surface area contributed by atoms with Crippen LogP contribution >= 0.6 is 0 Å². The average Bonchev–Trinajstić information content (AvgIpc) is 3.16. The van der Waals surface area contributed by atoms with Crippen LogP contribution in [0.4, 0.5) is 11.9 Å². The Morgan fingerprint density at radius 3 is 2.57 bits per heavy atom. The third-order valence-corrected chi connectivity index (χ3v) is 5.98. The monoisotopic (exact) mass is 417 g/mol. The molecule has 0 aliphatic carbocycles. The lowest BCUT2D eigenvalue weighted by molar-refractivity contribution is -0.148. The van der Waals surface area contributed by atoms with Gasteiger partial charge in [0, 0.05) is 52.9 Å². The van der Waals surface area contributed by atoms with E-state index in [9.17, 15) is 9.59 Å². The third-order valence-electron chi connectivity index (χ3n) is 5.98. The maximum Gasteiger partial charge on any atom is 0.310 e. The second-order valence-corrected chi connectivity index (χ2v) is 7.88. The molecule has 0 radical (unpaired) electrons. The van der Waals surface area contributed by atoms with E-state index in [4.69, 9.17) is 14.7 Å². The van der Waals surface area contributed by atoms with Crippen molar-refractivity contribution in [1.29, 1.82) is 0 Å². The summed E-state index contributed by atoms with van der Waals surface area (Å²) in [6, 6.07) is 0. The van der Waals surface area contributed by atoms with Gasteiger partial charge < -0.3 is 24.4 Å². The van der Waals surface area contributed by atoms with Crippen molar-refractivity contribution in [2.45, 2.75) is 33.2 Å². The van der Waals surface area contributed by atoms with Gasteiger partial charge in [0.25, 0.3) is 5.56 Å². The van der Waals surface area contributed by atoms with Gasteiger partial charge in [0.15, 0.2) is 11.2 Å². The molecule has 2 fully saturated rings. The van der Waals surface area contributed by atoms with Gasteiger partial charge in [-0.2, -0.15) is 9.97 Å². The number of fused-ring (bicyclic) bond motifs is 1. The summed E-state index contributed by atoms with van der Waals surface area (Å²) in [5.74, 6) is 0.994. The Kier molecular flexibility index (Phi) is 5.94. The number of piperidine rings is 1. The maximum absolute atomic E-state index is 13.3. The normalized spacial score (nSPS) is 20.0. The first-order chi connectivity index (χ1) is 14.5. The lowest BCUT2D eigenvalue weighted by Crippen LogP contribution is -2.44. The molecule has 1 unspecified atom stereocenters. The smallest absolute Gasteiger partial charge is 0.310 e. The number of piperazine rings is 1. The van der Waals surface area contributed by atoms with Crippen molar-refractivity contribution in [2.75, 3.05) is 55.7 Å². The highest BCUT2D eigenvalue weighted by Gasteiger charge is 2.30. The minimum atomic E-state index is -0.198. The first kappa shape index (κ1) is 20.6. The van der Waals surface area contributed by atoms with E-state index in [1.165, 1.54) is 0 Å². The Balaban J connectivity index is 1.72. The molecule has 1 N–H and O–H groups in total. The summed E-state index contributed by atoms with van der Waals surface area (Å²) in [5.41, 5.74) is 0.905. The summed E-state index contributed by atoms with van der Waals surface area (Å²) < 4.78 is 8.77. The van der Waals surface area contributed by atoms with Gasteiger partial charge in [0.05, 0.1) is 12.5 Å². The van der Waals surface area contributed by atoms with Gasteiger partial charge in [-0.3, -0.25) is 14.2 Å². The fourth-order valence-electron chi connectivity index (χ4n) is 4.44. The molecule has 164 valence electrons. The Labute approximate surface area is 175 Å². The van der Waals surface area contributed by atoms with Crippen LogP contribution in [0.5, 0.6) is 0 Å². The first-order valence-corrected chi connectivity index (χ1v) is 10.9. The second kappa shape index (κ2) is 8.63. The van der Waals surface area contributed by atoms with E-state index in [-0.39, 0.29) is 17.4 Å². The van der Waals surface area contributed by atoms with Crippen LogP contribution in [0.15, 0.2) is 4.79 Å². The fraction of sp³-hybridized carbons (Fsp3) is 0.700. The van der Waals surface area contributed by atoms with Gasteiger partial charge in [-0.05, 0) is 26.7 Å². The lowest BCUT2D eigenvalue weighted by Gasteiger charge is -2.32. The van der Waals surface area contributed by atoms with Gasteiger partial charge in [-0.25, -0.2) is 0 Å². The Morgan fingerprint density at radius 2 is 1.87 bits per heavy atom. The number of carbonyl (C=O) groups excluding carboxylic acids is 1. The number of hydrogen-bond donors (Lipinski definition) is 1. The third kappa shape index (κ3) is 3.64. The zero-order chi connectivity index (χ0) is 21.3. The van der Waals surface area contributed by atoms with Gasteiger partial charge in [0.1, 0.15) is 0 Å². The molecular formula is C20H31N7O3. The van der Waals surface area contributed by atoms with E-state index < -0.39 is 0 Å². The highest BCUT2D eigenvalue weighted by Crippen LogP contribution is 2.25. The summed E-state index contributed by atoms with van der Waals surface area (Å²) in [4.78, 5) is 39.3. The number of aryl methyl sites for hydroxylation is 1. The predicted molar refractivity (Wildman–Crippen MR) is 115 cm³/mol. The quantitative estimate of drug-likeness (QED) is 0.696. The molecule has 2 aromatic rings. The van der Waals surface area contributed by atoms with Crippen LogP contribution in [0.1, 0.15) is 26.7 Å². The van der Waals surface area contributed by atoms with Crippen molar-refractivity contribution in [3.8, 4) is 0 Å². The van der Waals surface area contributed by atoms with Crippen molar-refractivity contribution < 1.29 is 9.53 Å². The van der Waals surface area contributed by atoms with E-state index in [0.717, 1.165) is 51.5 Å². The molecule has 0 saturated carbocycles. The van der Waals surface area contributed by atoms with Crippen LogP contribution in [0, 0.1) is 5.92 Å². The molecule has 2 aromatic heterocycles. The van der Waals surface area contributed by atoms with Crippen LogP contribution in [-0.4, -0.2) is 70.9 Å². The number of rotatable bonds is 5. The molecule has 4 heterocycles. The van der Waals surface area contributed by atoms with E-state index in [1.807, 2.05) is 23.3 Å². The molecule has 2 aliphatic rings. The predicted octanol–water partition coefficient (Wildman–Crippen LogP) is 0.339. The topological polar surface area (TPSA) is 97.5 Å². The van der Waals surface area contributed by atoms with Crippen LogP contribution in [0.3, 0.4) is 0 Å². The van der Waals surface area contributed by atoms with Gasteiger partial charge >= 0.3 is 5.97 Å².